The van der Waals surface area contributed by atoms with Gasteiger partial charge in [-0.05, 0) is 30.5 Å². The van der Waals surface area contributed by atoms with Gasteiger partial charge in [0.15, 0.2) is 0 Å². The average Bonchev–Trinajstić information content (AvgIpc) is 2.29. The number of hydrogen-bond donors (Lipinski definition) is 2. The van der Waals surface area contributed by atoms with E-state index < -0.39 is 0 Å². The van der Waals surface area contributed by atoms with Gasteiger partial charge in [-0.3, -0.25) is 0 Å². The van der Waals surface area contributed by atoms with Crippen molar-refractivity contribution >= 4 is 11.8 Å². The number of carbonyl (C=O) groups excluding carboxylic acids is 1. The molecule has 4 nitrogen and oxygen atoms in total. The van der Waals surface area contributed by atoms with Crippen LogP contribution < -0.4 is 11.1 Å². The van der Waals surface area contributed by atoms with Crippen LogP contribution in [0, 0.1) is 0 Å². The van der Waals surface area contributed by atoms with Gasteiger partial charge in [-0.2, -0.15) is 0 Å². The highest BCUT2D eigenvalue weighted by Gasteiger charge is 1.99. The predicted octanol–water partition coefficient (Wildman–Crippen LogP) is 1.95. The number of ether oxygens (including phenoxy) is 1. The number of hydrogen-bond acceptors (Lipinski definition) is 3. The molecule has 0 radical (unpaired) electrons. The van der Waals surface area contributed by atoms with Crippen molar-refractivity contribution in [3.8, 4) is 0 Å². The smallest absolute Gasteiger partial charge is 0.407 e. The fourth-order valence-corrected chi connectivity index (χ4v) is 1.24. The summed E-state index contributed by atoms with van der Waals surface area (Å²) < 4.78 is 4.88. The summed E-state index contributed by atoms with van der Waals surface area (Å²) in [4.78, 5) is 11.1. The largest absolute Gasteiger partial charge is 0.450 e. The third-order valence-corrected chi connectivity index (χ3v) is 2.10. The summed E-state index contributed by atoms with van der Waals surface area (Å²) in [5.41, 5.74) is 7.46. The molecule has 1 amide bonds. The topological polar surface area (TPSA) is 64.3 Å². The van der Waals surface area contributed by atoms with Gasteiger partial charge in [0.05, 0.1) is 6.61 Å². The molecule has 1 aromatic rings. The van der Waals surface area contributed by atoms with Crippen molar-refractivity contribution in [2.45, 2.75) is 19.8 Å². The molecule has 1 rings (SSSR count). The number of alkyl carbamates (subject to hydrolysis) is 1. The normalized spacial score (nSPS) is 9.81. The molecule has 0 aromatic heterocycles. The third kappa shape index (κ3) is 4.68. The van der Waals surface area contributed by atoms with Gasteiger partial charge in [0.25, 0.3) is 0 Å². The van der Waals surface area contributed by atoms with E-state index in [-0.39, 0.29) is 6.09 Å². The SMILES string of the molecule is CCCOC(=O)NCCc1ccc(N)cc1. The van der Waals surface area contributed by atoms with Crippen LogP contribution in [0.25, 0.3) is 0 Å². The third-order valence-electron chi connectivity index (χ3n) is 2.10. The number of benzene rings is 1. The van der Waals surface area contributed by atoms with Gasteiger partial charge in [0.1, 0.15) is 0 Å². The highest BCUT2D eigenvalue weighted by molar-refractivity contribution is 5.67. The second-order valence-electron chi connectivity index (χ2n) is 3.55. The van der Waals surface area contributed by atoms with Crippen molar-refractivity contribution in [2.24, 2.45) is 0 Å². The van der Waals surface area contributed by atoms with Crippen LogP contribution in [0.5, 0.6) is 0 Å². The zero-order valence-electron chi connectivity index (χ0n) is 9.53. The van der Waals surface area contributed by atoms with Gasteiger partial charge in [0.2, 0.25) is 0 Å². The zero-order valence-corrected chi connectivity index (χ0v) is 9.53. The lowest BCUT2D eigenvalue weighted by atomic mass is 10.1. The van der Waals surface area contributed by atoms with Crippen molar-refractivity contribution < 1.29 is 9.53 Å². The minimum absolute atomic E-state index is 0.350. The standard InChI is InChI=1S/C12H18N2O2/c1-2-9-16-12(15)14-8-7-10-3-5-11(13)6-4-10/h3-6H,2,7-9,13H2,1H3,(H,14,15). The van der Waals surface area contributed by atoms with Crippen LogP contribution in [0.1, 0.15) is 18.9 Å². The Kier molecular flexibility index (Phi) is 5.19. The van der Waals surface area contributed by atoms with Crippen molar-refractivity contribution in [3.63, 3.8) is 0 Å². The summed E-state index contributed by atoms with van der Waals surface area (Å²) in [5, 5.41) is 2.69. The lowest BCUT2D eigenvalue weighted by molar-refractivity contribution is 0.146. The first-order valence-electron chi connectivity index (χ1n) is 5.47. The molecule has 1 aromatic carbocycles. The van der Waals surface area contributed by atoms with Crippen LogP contribution in [0.4, 0.5) is 10.5 Å². The van der Waals surface area contributed by atoms with Crippen LogP contribution in [-0.2, 0) is 11.2 Å². The van der Waals surface area contributed by atoms with Gasteiger partial charge >= 0.3 is 6.09 Å². The predicted molar refractivity (Wildman–Crippen MR) is 64.2 cm³/mol. The second-order valence-corrected chi connectivity index (χ2v) is 3.55. The van der Waals surface area contributed by atoms with E-state index in [0.29, 0.717) is 13.2 Å². The molecule has 16 heavy (non-hydrogen) atoms. The first-order valence-corrected chi connectivity index (χ1v) is 5.47. The van der Waals surface area contributed by atoms with Crippen LogP contribution in [0.2, 0.25) is 0 Å². The van der Waals surface area contributed by atoms with E-state index in [1.807, 2.05) is 31.2 Å². The summed E-state index contributed by atoms with van der Waals surface area (Å²) in [7, 11) is 0. The maximum Gasteiger partial charge on any atom is 0.407 e. The number of anilines is 1. The molecule has 0 spiro atoms. The number of nitrogens with one attached hydrogen (secondary N) is 1. The molecule has 0 saturated heterocycles. The molecule has 0 saturated carbocycles. The van der Waals surface area contributed by atoms with Crippen LogP contribution in [0.15, 0.2) is 24.3 Å². The molecular weight excluding hydrogens is 204 g/mol. The zero-order chi connectivity index (χ0) is 11.8. The van der Waals surface area contributed by atoms with Gasteiger partial charge in [0, 0.05) is 12.2 Å². The molecule has 0 atom stereocenters. The average molecular weight is 222 g/mol. The molecule has 0 aliphatic heterocycles. The van der Waals surface area contributed by atoms with Crippen LogP contribution in [0.3, 0.4) is 0 Å². The number of nitrogen functional groups attached to an aromatic ring is 1. The van der Waals surface area contributed by atoms with Crippen molar-refractivity contribution in [3.05, 3.63) is 29.8 Å². The Morgan fingerprint density at radius 3 is 2.69 bits per heavy atom. The minimum atomic E-state index is -0.350. The second kappa shape index (κ2) is 6.71. The number of carbonyl (C=O) groups is 1. The summed E-state index contributed by atoms with van der Waals surface area (Å²) >= 11 is 0. The Labute approximate surface area is 95.8 Å². The summed E-state index contributed by atoms with van der Waals surface area (Å²) in [6.07, 6.45) is 1.27. The monoisotopic (exact) mass is 222 g/mol. The van der Waals surface area contributed by atoms with Crippen LogP contribution in [-0.4, -0.2) is 19.2 Å². The van der Waals surface area contributed by atoms with E-state index in [2.05, 4.69) is 5.32 Å². The molecule has 3 N–H and O–H groups in total. The number of amides is 1. The Bertz CT molecular complexity index is 322. The highest BCUT2D eigenvalue weighted by Crippen LogP contribution is 2.05. The highest BCUT2D eigenvalue weighted by atomic mass is 16.5. The van der Waals surface area contributed by atoms with E-state index in [1.54, 1.807) is 0 Å². The van der Waals surface area contributed by atoms with Crippen LogP contribution >= 0.6 is 0 Å². The molecular formula is C12H18N2O2. The van der Waals surface area contributed by atoms with E-state index in [0.717, 1.165) is 24.1 Å². The lowest BCUT2D eigenvalue weighted by Gasteiger charge is -2.06. The molecule has 88 valence electrons. The van der Waals surface area contributed by atoms with Gasteiger partial charge in [-0.15, -0.1) is 0 Å². The number of nitrogens with two attached hydrogens (primary N) is 1. The van der Waals surface area contributed by atoms with E-state index in [1.165, 1.54) is 0 Å². The Morgan fingerprint density at radius 1 is 1.38 bits per heavy atom. The fraction of sp³-hybridized carbons (Fsp3) is 0.417. The van der Waals surface area contributed by atoms with E-state index in [9.17, 15) is 4.79 Å². The molecule has 0 aliphatic carbocycles. The maximum absolute atomic E-state index is 11.1. The Balaban J connectivity index is 2.20. The van der Waals surface area contributed by atoms with Gasteiger partial charge in [-0.1, -0.05) is 19.1 Å². The Morgan fingerprint density at radius 2 is 2.06 bits per heavy atom. The molecule has 0 fully saturated rings. The first kappa shape index (κ1) is 12.4. The van der Waals surface area contributed by atoms with Crippen molar-refractivity contribution in [1.82, 2.24) is 5.32 Å². The van der Waals surface area contributed by atoms with Gasteiger partial charge in [-0.25, -0.2) is 4.79 Å². The summed E-state index contributed by atoms with van der Waals surface area (Å²) in [5.74, 6) is 0. The first-order chi connectivity index (χ1) is 7.72. The fourth-order valence-electron chi connectivity index (χ4n) is 1.24. The van der Waals surface area contributed by atoms with Crippen molar-refractivity contribution in [2.75, 3.05) is 18.9 Å². The number of rotatable bonds is 5. The lowest BCUT2D eigenvalue weighted by Crippen LogP contribution is -2.26. The molecule has 4 heteroatoms. The van der Waals surface area contributed by atoms with Gasteiger partial charge < -0.3 is 15.8 Å². The molecule has 0 heterocycles. The molecule has 0 bridgehead atoms. The van der Waals surface area contributed by atoms with E-state index in [4.69, 9.17) is 10.5 Å². The molecule has 0 aliphatic rings. The molecule has 0 unspecified atom stereocenters. The Hall–Kier alpha value is -1.71. The summed E-state index contributed by atoms with van der Waals surface area (Å²) in [6.45, 7) is 3.00. The minimum Gasteiger partial charge on any atom is -0.450 e. The summed E-state index contributed by atoms with van der Waals surface area (Å²) in [6, 6.07) is 7.61. The van der Waals surface area contributed by atoms with E-state index >= 15 is 0 Å². The maximum atomic E-state index is 11.1. The van der Waals surface area contributed by atoms with Crippen molar-refractivity contribution in [1.29, 1.82) is 0 Å². The quantitative estimate of drug-likeness (QED) is 0.748.